The third-order valence-corrected chi connectivity index (χ3v) is 3.77. The number of imidazole rings is 1. The Morgan fingerprint density at radius 3 is 3.29 bits per heavy atom. The van der Waals surface area contributed by atoms with Crippen LogP contribution >= 0.6 is 11.8 Å². The first-order valence-corrected chi connectivity index (χ1v) is 5.93. The van der Waals surface area contributed by atoms with Crippen LogP contribution in [0.25, 0.3) is 11.0 Å². The Labute approximate surface area is 87.3 Å². The molecule has 2 aromatic rings. The smallest absolute Gasteiger partial charge is 0.169 e. The zero-order valence-electron chi connectivity index (χ0n) is 8.16. The van der Waals surface area contributed by atoms with Crippen LogP contribution in [0.15, 0.2) is 23.4 Å². The van der Waals surface area contributed by atoms with Crippen molar-refractivity contribution in [1.29, 1.82) is 0 Å². The average molecular weight is 204 g/mol. The topological polar surface area (TPSA) is 17.8 Å². The molecule has 0 N–H and O–H groups in total. The van der Waals surface area contributed by atoms with Gasteiger partial charge in [0.05, 0.1) is 11.0 Å². The molecule has 0 aliphatic carbocycles. The summed E-state index contributed by atoms with van der Waals surface area (Å²) in [6, 6.07) is 6.42. The molecule has 1 aromatic carbocycles. The molecule has 1 aliphatic heterocycles. The van der Waals surface area contributed by atoms with Gasteiger partial charge in [0.15, 0.2) is 5.16 Å². The summed E-state index contributed by atoms with van der Waals surface area (Å²) in [6.07, 6.45) is 1.26. The van der Waals surface area contributed by atoms with Crippen molar-refractivity contribution >= 4 is 22.8 Å². The molecular formula is C11H12N2S. The minimum absolute atomic E-state index is 1.13. The van der Waals surface area contributed by atoms with E-state index in [-0.39, 0.29) is 0 Å². The fraction of sp³-hybridized carbons (Fsp3) is 0.364. The molecule has 72 valence electrons. The van der Waals surface area contributed by atoms with Crippen LogP contribution in [0.1, 0.15) is 12.0 Å². The highest BCUT2D eigenvalue weighted by Crippen LogP contribution is 2.29. The molecule has 3 rings (SSSR count). The van der Waals surface area contributed by atoms with E-state index in [1.54, 1.807) is 0 Å². The highest BCUT2D eigenvalue weighted by atomic mass is 32.2. The summed E-state index contributed by atoms with van der Waals surface area (Å²) in [7, 11) is 0. The normalized spacial score (nSPS) is 15.8. The fourth-order valence-electron chi connectivity index (χ4n) is 1.98. The van der Waals surface area contributed by atoms with Gasteiger partial charge in [0.1, 0.15) is 0 Å². The third-order valence-electron chi connectivity index (χ3n) is 2.70. The molecule has 0 radical (unpaired) electrons. The predicted octanol–water partition coefficient (Wildman–Crippen LogP) is 2.84. The summed E-state index contributed by atoms with van der Waals surface area (Å²) in [4.78, 5) is 4.68. The zero-order chi connectivity index (χ0) is 9.54. The van der Waals surface area contributed by atoms with Crippen molar-refractivity contribution in [2.45, 2.75) is 25.0 Å². The number of nitrogens with zero attached hydrogens (tertiary/aromatic N) is 2. The Hall–Kier alpha value is -0.960. The highest BCUT2D eigenvalue weighted by molar-refractivity contribution is 7.99. The first kappa shape index (κ1) is 8.36. The highest BCUT2D eigenvalue weighted by Gasteiger charge is 2.15. The van der Waals surface area contributed by atoms with E-state index in [1.165, 1.54) is 33.9 Å². The summed E-state index contributed by atoms with van der Waals surface area (Å²) in [6.45, 7) is 3.26. The quantitative estimate of drug-likeness (QED) is 0.656. The van der Waals surface area contributed by atoms with Crippen molar-refractivity contribution in [2.24, 2.45) is 0 Å². The van der Waals surface area contributed by atoms with Gasteiger partial charge in [-0.1, -0.05) is 23.9 Å². The number of aromatic nitrogens is 2. The minimum Gasteiger partial charge on any atom is -0.319 e. The van der Waals surface area contributed by atoms with Crippen molar-refractivity contribution in [3.8, 4) is 0 Å². The molecule has 0 saturated carbocycles. The Kier molecular flexibility index (Phi) is 1.80. The van der Waals surface area contributed by atoms with Gasteiger partial charge in [-0.2, -0.15) is 0 Å². The number of benzene rings is 1. The van der Waals surface area contributed by atoms with Gasteiger partial charge in [-0.3, -0.25) is 0 Å². The fourth-order valence-corrected chi connectivity index (χ4v) is 2.94. The number of rotatable bonds is 0. The largest absolute Gasteiger partial charge is 0.319 e. The van der Waals surface area contributed by atoms with Crippen LogP contribution in [-0.2, 0) is 6.54 Å². The number of thioether (sulfide) groups is 1. The summed E-state index contributed by atoms with van der Waals surface area (Å²) >= 11 is 1.87. The maximum Gasteiger partial charge on any atom is 0.169 e. The lowest BCUT2D eigenvalue weighted by molar-refractivity contribution is 0.624. The van der Waals surface area contributed by atoms with Crippen molar-refractivity contribution < 1.29 is 0 Å². The molecule has 3 heteroatoms. The Bertz CT molecular complexity index is 487. The van der Waals surface area contributed by atoms with E-state index in [1.807, 2.05) is 11.8 Å². The lowest BCUT2D eigenvalue weighted by atomic mass is 10.2. The monoisotopic (exact) mass is 204 g/mol. The van der Waals surface area contributed by atoms with E-state index in [0.717, 1.165) is 6.54 Å². The molecule has 1 aromatic heterocycles. The SMILES string of the molecule is Cc1cccc2c1nc1n2CCCS1. The number of para-hydroxylation sites is 1. The van der Waals surface area contributed by atoms with E-state index >= 15 is 0 Å². The number of fused-ring (bicyclic) bond motifs is 3. The van der Waals surface area contributed by atoms with E-state index in [2.05, 4.69) is 34.7 Å². The van der Waals surface area contributed by atoms with Gasteiger partial charge in [-0.25, -0.2) is 4.98 Å². The molecular weight excluding hydrogens is 192 g/mol. The van der Waals surface area contributed by atoms with Gasteiger partial charge in [0.2, 0.25) is 0 Å². The molecule has 0 saturated heterocycles. The van der Waals surface area contributed by atoms with Gasteiger partial charge in [0, 0.05) is 12.3 Å². The summed E-state index contributed by atoms with van der Waals surface area (Å²) in [5, 5.41) is 1.19. The van der Waals surface area contributed by atoms with Crippen molar-refractivity contribution in [1.82, 2.24) is 9.55 Å². The second-order valence-corrected chi connectivity index (χ2v) is 4.75. The maximum atomic E-state index is 4.68. The third kappa shape index (κ3) is 1.08. The summed E-state index contributed by atoms with van der Waals surface area (Å²) < 4.78 is 2.34. The molecule has 2 heterocycles. The van der Waals surface area contributed by atoms with Crippen LogP contribution in [0.5, 0.6) is 0 Å². The predicted molar refractivity (Wildman–Crippen MR) is 59.8 cm³/mol. The lowest BCUT2D eigenvalue weighted by Gasteiger charge is -2.12. The standard InChI is InChI=1S/C11H12N2S/c1-8-4-2-5-9-10(8)12-11-13(9)6-3-7-14-11/h2,4-5H,3,6-7H2,1H3. The first-order valence-electron chi connectivity index (χ1n) is 4.95. The molecule has 14 heavy (non-hydrogen) atoms. The van der Waals surface area contributed by atoms with E-state index in [9.17, 15) is 0 Å². The second kappa shape index (κ2) is 3.02. The maximum absolute atomic E-state index is 4.68. The number of hydrogen-bond donors (Lipinski definition) is 0. The molecule has 0 fully saturated rings. The molecule has 0 spiro atoms. The number of aryl methyl sites for hydroxylation is 2. The van der Waals surface area contributed by atoms with Gasteiger partial charge in [0.25, 0.3) is 0 Å². The second-order valence-electron chi connectivity index (χ2n) is 3.69. The van der Waals surface area contributed by atoms with Gasteiger partial charge in [-0.05, 0) is 25.0 Å². The lowest BCUT2D eigenvalue weighted by Crippen LogP contribution is -2.06. The molecule has 0 amide bonds. The molecule has 1 aliphatic rings. The van der Waals surface area contributed by atoms with Gasteiger partial charge in [-0.15, -0.1) is 0 Å². The van der Waals surface area contributed by atoms with Crippen LogP contribution in [0, 0.1) is 6.92 Å². The molecule has 0 unspecified atom stereocenters. The summed E-state index contributed by atoms with van der Waals surface area (Å²) in [5.74, 6) is 1.21. The number of hydrogen-bond acceptors (Lipinski definition) is 2. The van der Waals surface area contributed by atoms with Crippen LogP contribution in [-0.4, -0.2) is 15.3 Å². The van der Waals surface area contributed by atoms with E-state index in [4.69, 9.17) is 0 Å². The zero-order valence-corrected chi connectivity index (χ0v) is 8.97. The Balaban J connectivity index is 2.36. The minimum atomic E-state index is 1.13. The molecule has 0 atom stereocenters. The van der Waals surface area contributed by atoms with E-state index in [0.29, 0.717) is 0 Å². The van der Waals surface area contributed by atoms with Crippen molar-refractivity contribution in [3.05, 3.63) is 23.8 Å². The average Bonchev–Trinajstić information content (AvgIpc) is 2.59. The van der Waals surface area contributed by atoms with Crippen LogP contribution < -0.4 is 0 Å². The van der Waals surface area contributed by atoms with Crippen LogP contribution in [0.3, 0.4) is 0 Å². The molecule has 0 bridgehead atoms. The van der Waals surface area contributed by atoms with E-state index < -0.39 is 0 Å². The van der Waals surface area contributed by atoms with Crippen LogP contribution in [0.2, 0.25) is 0 Å². The Morgan fingerprint density at radius 2 is 2.36 bits per heavy atom. The van der Waals surface area contributed by atoms with Gasteiger partial charge >= 0.3 is 0 Å². The van der Waals surface area contributed by atoms with Crippen LogP contribution in [0.4, 0.5) is 0 Å². The first-order chi connectivity index (χ1) is 6.86. The van der Waals surface area contributed by atoms with Crippen molar-refractivity contribution in [3.63, 3.8) is 0 Å². The summed E-state index contributed by atoms with van der Waals surface area (Å²) in [5.41, 5.74) is 3.76. The van der Waals surface area contributed by atoms with Crippen molar-refractivity contribution in [2.75, 3.05) is 5.75 Å². The Morgan fingerprint density at radius 1 is 1.43 bits per heavy atom. The molecule has 2 nitrogen and oxygen atoms in total. The van der Waals surface area contributed by atoms with Gasteiger partial charge < -0.3 is 4.57 Å².